The maximum atomic E-state index is 5.43. The van der Waals surface area contributed by atoms with Crippen LogP contribution in [0.5, 0.6) is 0 Å². The van der Waals surface area contributed by atoms with E-state index in [2.05, 4.69) is 19.1 Å². The first-order valence-corrected chi connectivity index (χ1v) is 6.77. The van der Waals surface area contributed by atoms with E-state index in [-0.39, 0.29) is 0 Å². The molecule has 0 fully saturated rings. The van der Waals surface area contributed by atoms with Crippen LogP contribution in [-0.2, 0) is 0 Å². The lowest BCUT2D eigenvalue weighted by Gasteiger charge is -1.96. The molecule has 0 aliphatic rings. The molecule has 0 saturated carbocycles. The fraction of sp³-hybridized carbons (Fsp3) is 0.857. The van der Waals surface area contributed by atoms with Crippen LogP contribution in [0, 0.1) is 0 Å². The van der Waals surface area contributed by atoms with E-state index in [4.69, 9.17) is 5.73 Å². The normalized spacial score (nSPS) is 11.3. The summed E-state index contributed by atoms with van der Waals surface area (Å²) in [6.45, 7) is 3.12. The number of nitrogens with two attached hydrogens (primary N) is 1. The molecule has 15 heavy (non-hydrogen) atoms. The molecular formula is C14H29N. The molecule has 0 spiro atoms. The summed E-state index contributed by atoms with van der Waals surface area (Å²) in [5, 5.41) is 0. The second-order valence-electron chi connectivity index (χ2n) is 4.31. The lowest BCUT2D eigenvalue weighted by Crippen LogP contribution is -1.97. The lowest BCUT2D eigenvalue weighted by atomic mass is 10.1. The zero-order valence-electron chi connectivity index (χ0n) is 10.5. The van der Waals surface area contributed by atoms with Crippen LogP contribution in [0.4, 0.5) is 0 Å². The minimum atomic E-state index is 0.854. The van der Waals surface area contributed by atoms with Crippen LogP contribution in [-0.4, -0.2) is 6.54 Å². The van der Waals surface area contributed by atoms with Crippen molar-refractivity contribution in [3.05, 3.63) is 12.2 Å². The summed E-state index contributed by atoms with van der Waals surface area (Å²) >= 11 is 0. The average Bonchev–Trinajstić information content (AvgIpc) is 2.26. The smallest absolute Gasteiger partial charge is 0.00773 e. The van der Waals surface area contributed by atoms with Gasteiger partial charge in [0.15, 0.2) is 0 Å². The molecule has 1 nitrogen and oxygen atoms in total. The zero-order chi connectivity index (χ0) is 11.2. The first-order valence-electron chi connectivity index (χ1n) is 6.77. The third-order valence-electron chi connectivity index (χ3n) is 2.72. The quantitative estimate of drug-likeness (QED) is 0.397. The minimum Gasteiger partial charge on any atom is -0.330 e. The van der Waals surface area contributed by atoms with Crippen molar-refractivity contribution in [2.45, 2.75) is 71.1 Å². The van der Waals surface area contributed by atoms with Crippen molar-refractivity contribution in [3.63, 3.8) is 0 Å². The standard InChI is InChI=1S/C14H29N/c1-2-3-4-5-6-7-8-9-10-11-12-13-14-15/h7-8H,2-6,9-15H2,1H3/b8-7-. The molecule has 0 rings (SSSR count). The van der Waals surface area contributed by atoms with Crippen molar-refractivity contribution < 1.29 is 0 Å². The Hall–Kier alpha value is -0.300. The molecule has 0 radical (unpaired) electrons. The Morgan fingerprint density at radius 3 is 1.80 bits per heavy atom. The Bertz CT molecular complexity index is 129. The molecule has 0 aliphatic carbocycles. The SMILES string of the molecule is CCCCCC/C=C\CCCCCCN. The second kappa shape index (κ2) is 13.7. The van der Waals surface area contributed by atoms with Crippen LogP contribution in [0.2, 0.25) is 0 Å². The van der Waals surface area contributed by atoms with E-state index in [0.717, 1.165) is 6.54 Å². The molecule has 0 aromatic carbocycles. The molecule has 0 unspecified atom stereocenters. The molecule has 2 N–H and O–H groups in total. The summed E-state index contributed by atoms with van der Waals surface area (Å²) < 4.78 is 0. The van der Waals surface area contributed by atoms with Gasteiger partial charge in [0.25, 0.3) is 0 Å². The molecule has 0 bridgehead atoms. The van der Waals surface area contributed by atoms with Crippen molar-refractivity contribution in [1.82, 2.24) is 0 Å². The molecule has 0 aliphatic heterocycles. The minimum absolute atomic E-state index is 0.854. The van der Waals surface area contributed by atoms with Gasteiger partial charge in [0.2, 0.25) is 0 Å². The van der Waals surface area contributed by atoms with Gasteiger partial charge in [-0.2, -0.15) is 0 Å². The number of rotatable bonds is 11. The summed E-state index contributed by atoms with van der Waals surface area (Å²) in [6, 6.07) is 0. The van der Waals surface area contributed by atoms with Gasteiger partial charge in [-0.3, -0.25) is 0 Å². The highest BCUT2D eigenvalue weighted by molar-refractivity contribution is 4.81. The van der Waals surface area contributed by atoms with Crippen molar-refractivity contribution >= 4 is 0 Å². The Morgan fingerprint density at radius 1 is 0.733 bits per heavy atom. The predicted octanol–water partition coefficient (Wildman–Crippen LogP) is 4.42. The van der Waals surface area contributed by atoms with Crippen molar-refractivity contribution in [3.8, 4) is 0 Å². The van der Waals surface area contributed by atoms with Crippen LogP contribution < -0.4 is 5.73 Å². The van der Waals surface area contributed by atoms with Gasteiger partial charge >= 0.3 is 0 Å². The molecule has 90 valence electrons. The van der Waals surface area contributed by atoms with Gasteiger partial charge in [-0.15, -0.1) is 0 Å². The van der Waals surface area contributed by atoms with Crippen molar-refractivity contribution in [2.24, 2.45) is 5.73 Å². The molecular weight excluding hydrogens is 182 g/mol. The first-order chi connectivity index (χ1) is 7.41. The average molecular weight is 211 g/mol. The van der Waals surface area contributed by atoms with Crippen LogP contribution in [0.15, 0.2) is 12.2 Å². The van der Waals surface area contributed by atoms with Crippen molar-refractivity contribution in [2.75, 3.05) is 6.54 Å². The van der Waals surface area contributed by atoms with E-state index in [9.17, 15) is 0 Å². The van der Waals surface area contributed by atoms with Gasteiger partial charge < -0.3 is 5.73 Å². The van der Waals surface area contributed by atoms with E-state index < -0.39 is 0 Å². The fourth-order valence-electron chi connectivity index (χ4n) is 1.68. The largest absolute Gasteiger partial charge is 0.330 e. The van der Waals surface area contributed by atoms with Crippen LogP contribution in [0.25, 0.3) is 0 Å². The number of hydrogen-bond acceptors (Lipinski definition) is 1. The third kappa shape index (κ3) is 13.7. The molecule has 1 heteroatoms. The summed E-state index contributed by atoms with van der Waals surface area (Å²) in [5.74, 6) is 0. The van der Waals surface area contributed by atoms with Gasteiger partial charge in [-0.1, -0.05) is 51.2 Å². The van der Waals surface area contributed by atoms with Crippen LogP contribution in [0.1, 0.15) is 71.1 Å². The van der Waals surface area contributed by atoms with E-state index in [0.29, 0.717) is 0 Å². The Balaban J connectivity index is 2.97. The lowest BCUT2D eigenvalue weighted by molar-refractivity contribution is 0.650. The highest BCUT2D eigenvalue weighted by atomic mass is 14.5. The molecule has 0 saturated heterocycles. The number of allylic oxidation sites excluding steroid dienone is 2. The topological polar surface area (TPSA) is 26.0 Å². The first kappa shape index (κ1) is 14.7. The Kier molecular flexibility index (Phi) is 13.4. The van der Waals surface area contributed by atoms with Gasteiger partial charge in [0, 0.05) is 0 Å². The van der Waals surface area contributed by atoms with Crippen LogP contribution in [0.3, 0.4) is 0 Å². The Labute approximate surface area is 96.1 Å². The van der Waals surface area contributed by atoms with E-state index in [1.165, 1.54) is 64.2 Å². The third-order valence-corrected chi connectivity index (χ3v) is 2.72. The molecule has 0 atom stereocenters. The van der Waals surface area contributed by atoms with E-state index in [1.54, 1.807) is 0 Å². The van der Waals surface area contributed by atoms with Gasteiger partial charge in [0.1, 0.15) is 0 Å². The van der Waals surface area contributed by atoms with Gasteiger partial charge in [0.05, 0.1) is 0 Å². The highest BCUT2D eigenvalue weighted by Gasteiger charge is 1.87. The predicted molar refractivity (Wildman–Crippen MR) is 70.0 cm³/mol. The van der Waals surface area contributed by atoms with Gasteiger partial charge in [-0.05, 0) is 38.6 Å². The highest BCUT2D eigenvalue weighted by Crippen LogP contribution is 2.05. The van der Waals surface area contributed by atoms with Crippen molar-refractivity contribution in [1.29, 1.82) is 0 Å². The summed E-state index contributed by atoms with van der Waals surface area (Å²) in [6.07, 6.45) is 17.9. The molecule has 0 aromatic rings. The second-order valence-corrected chi connectivity index (χ2v) is 4.31. The Morgan fingerprint density at radius 2 is 1.27 bits per heavy atom. The number of hydrogen-bond donors (Lipinski definition) is 1. The van der Waals surface area contributed by atoms with E-state index in [1.807, 2.05) is 0 Å². The monoisotopic (exact) mass is 211 g/mol. The fourth-order valence-corrected chi connectivity index (χ4v) is 1.68. The van der Waals surface area contributed by atoms with Gasteiger partial charge in [-0.25, -0.2) is 0 Å². The maximum Gasteiger partial charge on any atom is -0.00773 e. The maximum absolute atomic E-state index is 5.43. The molecule has 0 aromatic heterocycles. The summed E-state index contributed by atoms with van der Waals surface area (Å²) in [5.41, 5.74) is 5.43. The molecule has 0 amide bonds. The van der Waals surface area contributed by atoms with Crippen LogP contribution >= 0.6 is 0 Å². The number of unbranched alkanes of at least 4 members (excludes halogenated alkanes) is 8. The summed E-state index contributed by atoms with van der Waals surface area (Å²) in [4.78, 5) is 0. The van der Waals surface area contributed by atoms with E-state index >= 15 is 0 Å². The zero-order valence-corrected chi connectivity index (χ0v) is 10.5. The summed E-state index contributed by atoms with van der Waals surface area (Å²) in [7, 11) is 0. The molecule has 0 heterocycles.